The molecule has 2 heterocycles. The van der Waals surface area contributed by atoms with Crippen LogP contribution in [-0.4, -0.2) is 33.3 Å². The van der Waals surface area contributed by atoms with E-state index in [4.69, 9.17) is 4.74 Å². The molecular weight excluding hydrogens is 380 g/mol. The molecule has 1 aromatic carbocycles. The summed E-state index contributed by atoms with van der Waals surface area (Å²) in [6.07, 6.45) is 2.93. The molecule has 0 saturated carbocycles. The summed E-state index contributed by atoms with van der Waals surface area (Å²) in [6.45, 7) is 5.95. The van der Waals surface area contributed by atoms with E-state index in [1.807, 2.05) is 38.1 Å². The van der Waals surface area contributed by atoms with E-state index in [2.05, 4.69) is 21.4 Å². The van der Waals surface area contributed by atoms with Crippen LogP contribution in [0.1, 0.15) is 32.8 Å². The van der Waals surface area contributed by atoms with Crippen molar-refractivity contribution in [2.75, 3.05) is 6.61 Å². The van der Waals surface area contributed by atoms with Gasteiger partial charge in [-0.05, 0) is 55.2 Å². The van der Waals surface area contributed by atoms with Crippen molar-refractivity contribution in [2.24, 2.45) is 5.92 Å². The third-order valence-electron chi connectivity index (χ3n) is 4.72. The minimum atomic E-state index is -1.10. The minimum absolute atomic E-state index is 0.116. The molecule has 1 amide bonds. The molecule has 0 saturated heterocycles. The number of fused-ring (bicyclic) bond motifs is 1. The first-order chi connectivity index (χ1) is 14.3. The number of benzene rings is 1. The Labute approximate surface area is 175 Å². The Balaban J connectivity index is 1.89. The van der Waals surface area contributed by atoms with Gasteiger partial charge in [0.2, 0.25) is 0 Å². The lowest BCUT2D eigenvalue weighted by molar-refractivity contribution is 0.143. The molecule has 0 radical (unpaired) electrons. The normalized spacial score (nSPS) is 12.9. The highest BCUT2D eigenvalue weighted by Gasteiger charge is 2.29. The molecule has 1 unspecified atom stereocenters. The van der Waals surface area contributed by atoms with Crippen molar-refractivity contribution in [3.8, 4) is 22.9 Å². The monoisotopic (exact) mass is 404 g/mol. The number of hydrogen-bond donors (Lipinski definition) is 2. The van der Waals surface area contributed by atoms with Crippen LogP contribution in [0.2, 0.25) is 0 Å². The molecule has 0 fully saturated rings. The molecule has 154 valence electrons. The SMILES string of the molecule is CC(C)CC(C)(COc1ccc(-c2ccnc3cccnc23)cc1C#N)NC(=O)O. The maximum absolute atomic E-state index is 11.2. The Morgan fingerprint density at radius 3 is 2.77 bits per heavy atom. The van der Waals surface area contributed by atoms with Crippen molar-refractivity contribution >= 4 is 17.1 Å². The summed E-state index contributed by atoms with van der Waals surface area (Å²) >= 11 is 0. The number of carboxylic acid groups (broad SMARTS) is 1. The zero-order chi connectivity index (χ0) is 21.7. The molecule has 7 nitrogen and oxygen atoms in total. The molecule has 0 aliphatic rings. The molecule has 1 atom stereocenters. The Morgan fingerprint density at radius 1 is 1.27 bits per heavy atom. The number of aromatic nitrogens is 2. The highest BCUT2D eigenvalue weighted by Crippen LogP contribution is 2.30. The second-order valence-corrected chi connectivity index (χ2v) is 7.93. The standard InChI is InChI=1S/C23H24N4O3/c1-15(2)12-23(3,27-22(28)29)14-30-20-7-6-16(11-17(20)13-24)18-8-10-25-19-5-4-9-26-21(18)19/h4-11,15,27H,12,14H2,1-3H3,(H,28,29). The Bertz CT molecular complexity index is 1100. The maximum atomic E-state index is 11.2. The molecule has 2 N–H and O–H groups in total. The molecule has 2 aromatic heterocycles. The van der Waals surface area contributed by atoms with Crippen molar-refractivity contribution in [3.05, 3.63) is 54.4 Å². The second kappa shape index (κ2) is 8.78. The van der Waals surface area contributed by atoms with Crippen molar-refractivity contribution in [1.82, 2.24) is 15.3 Å². The van der Waals surface area contributed by atoms with Gasteiger partial charge in [-0.2, -0.15) is 5.26 Å². The average molecular weight is 404 g/mol. The fourth-order valence-corrected chi connectivity index (χ4v) is 3.67. The van der Waals surface area contributed by atoms with Crippen LogP contribution in [0.25, 0.3) is 22.2 Å². The summed E-state index contributed by atoms with van der Waals surface area (Å²) < 4.78 is 5.90. The zero-order valence-corrected chi connectivity index (χ0v) is 17.2. The van der Waals surface area contributed by atoms with Crippen molar-refractivity contribution in [1.29, 1.82) is 5.26 Å². The Morgan fingerprint density at radius 2 is 2.07 bits per heavy atom. The van der Waals surface area contributed by atoms with E-state index in [0.717, 1.165) is 22.2 Å². The lowest BCUT2D eigenvalue weighted by atomic mass is 9.91. The van der Waals surface area contributed by atoms with Gasteiger partial charge in [-0.3, -0.25) is 9.97 Å². The van der Waals surface area contributed by atoms with Crippen LogP contribution in [0, 0.1) is 17.2 Å². The van der Waals surface area contributed by atoms with E-state index in [0.29, 0.717) is 17.7 Å². The van der Waals surface area contributed by atoms with E-state index >= 15 is 0 Å². The van der Waals surface area contributed by atoms with E-state index in [1.54, 1.807) is 31.5 Å². The van der Waals surface area contributed by atoms with Crippen LogP contribution in [0.5, 0.6) is 5.75 Å². The number of nitriles is 1. The van der Waals surface area contributed by atoms with Gasteiger partial charge in [-0.1, -0.05) is 19.9 Å². The van der Waals surface area contributed by atoms with Crippen LogP contribution in [0.4, 0.5) is 4.79 Å². The third-order valence-corrected chi connectivity index (χ3v) is 4.72. The average Bonchev–Trinajstić information content (AvgIpc) is 2.70. The van der Waals surface area contributed by atoms with Gasteiger partial charge in [0.25, 0.3) is 0 Å². The lowest BCUT2D eigenvalue weighted by Gasteiger charge is -2.31. The summed E-state index contributed by atoms with van der Waals surface area (Å²) in [7, 11) is 0. The summed E-state index contributed by atoms with van der Waals surface area (Å²) in [4.78, 5) is 20.0. The van der Waals surface area contributed by atoms with E-state index < -0.39 is 11.6 Å². The molecule has 7 heteroatoms. The van der Waals surface area contributed by atoms with Gasteiger partial charge in [0.1, 0.15) is 18.4 Å². The Kier molecular flexibility index (Phi) is 6.17. The molecule has 30 heavy (non-hydrogen) atoms. The van der Waals surface area contributed by atoms with Gasteiger partial charge >= 0.3 is 6.09 Å². The van der Waals surface area contributed by atoms with Crippen LogP contribution >= 0.6 is 0 Å². The van der Waals surface area contributed by atoms with Crippen LogP contribution < -0.4 is 10.1 Å². The first-order valence-corrected chi connectivity index (χ1v) is 9.69. The van der Waals surface area contributed by atoms with Gasteiger partial charge in [0.15, 0.2) is 0 Å². The summed E-state index contributed by atoms with van der Waals surface area (Å²) in [5.41, 5.74) is 2.84. The number of nitrogens with one attached hydrogen (secondary N) is 1. The molecule has 0 spiro atoms. The molecular formula is C23H24N4O3. The van der Waals surface area contributed by atoms with E-state index in [-0.39, 0.29) is 12.5 Å². The van der Waals surface area contributed by atoms with E-state index in [1.165, 1.54) is 0 Å². The van der Waals surface area contributed by atoms with Gasteiger partial charge in [0, 0.05) is 18.0 Å². The molecule has 0 aliphatic carbocycles. The van der Waals surface area contributed by atoms with Crippen LogP contribution in [0.15, 0.2) is 48.8 Å². The summed E-state index contributed by atoms with van der Waals surface area (Å²) in [5, 5.41) is 21.4. The number of nitrogens with zero attached hydrogens (tertiary/aromatic N) is 3. The topological polar surface area (TPSA) is 108 Å². The van der Waals surface area contributed by atoms with Gasteiger partial charge in [-0.15, -0.1) is 0 Å². The molecule has 3 aromatic rings. The number of amides is 1. The number of hydrogen-bond acceptors (Lipinski definition) is 5. The predicted molar refractivity (Wildman–Crippen MR) is 114 cm³/mol. The van der Waals surface area contributed by atoms with Crippen molar-refractivity contribution in [2.45, 2.75) is 32.7 Å². The highest BCUT2D eigenvalue weighted by atomic mass is 16.5. The third kappa shape index (κ3) is 4.84. The van der Waals surface area contributed by atoms with Gasteiger partial charge in [0.05, 0.1) is 22.1 Å². The van der Waals surface area contributed by atoms with Crippen molar-refractivity contribution < 1.29 is 14.6 Å². The molecule has 0 bridgehead atoms. The molecule has 3 rings (SSSR count). The van der Waals surface area contributed by atoms with E-state index in [9.17, 15) is 15.2 Å². The smallest absolute Gasteiger partial charge is 0.405 e. The fraction of sp³-hybridized carbons (Fsp3) is 0.304. The number of pyridine rings is 2. The second-order valence-electron chi connectivity index (χ2n) is 7.93. The first-order valence-electron chi connectivity index (χ1n) is 9.69. The van der Waals surface area contributed by atoms with Crippen LogP contribution in [0.3, 0.4) is 0 Å². The number of carbonyl (C=O) groups is 1. The Hall–Kier alpha value is -3.66. The van der Waals surface area contributed by atoms with Gasteiger partial charge < -0.3 is 15.2 Å². The predicted octanol–water partition coefficient (Wildman–Crippen LogP) is 4.62. The van der Waals surface area contributed by atoms with Crippen molar-refractivity contribution in [3.63, 3.8) is 0 Å². The first kappa shape index (κ1) is 21.1. The number of ether oxygens (including phenoxy) is 1. The largest absolute Gasteiger partial charge is 0.490 e. The fourth-order valence-electron chi connectivity index (χ4n) is 3.67. The lowest BCUT2D eigenvalue weighted by Crippen LogP contribution is -2.50. The quantitative estimate of drug-likeness (QED) is 0.595. The minimum Gasteiger partial charge on any atom is -0.490 e. The van der Waals surface area contributed by atoms with Gasteiger partial charge in [-0.25, -0.2) is 4.79 Å². The number of rotatable bonds is 7. The highest BCUT2D eigenvalue weighted by molar-refractivity contribution is 5.91. The maximum Gasteiger partial charge on any atom is 0.405 e. The van der Waals surface area contributed by atoms with Crippen LogP contribution in [-0.2, 0) is 0 Å². The summed E-state index contributed by atoms with van der Waals surface area (Å²) in [6, 6.07) is 13.1. The summed E-state index contributed by atoms with van der Waals surface area (Å²) in [5.74, 6) is 0.686. The molecule has 0 aliphatic heterocycles. The zero-order valence-electron chi connectivity index (χ0n) is 17.2.